The van der Waals surface area contributed by atoms with Crippen LogP contribution in [0, 0.1) is 23.5 Å². The summed E-state index contributed by atoms with van der Waals surface area (Å²) in [5, 5.41) is 0. The maximum absolute atomic E-state index is 13.6. The Balaban J connectivity index is 0.000000225. The molecule has 0 aliphatic carbocycles. The number of methoxy groups -OCH3 is 1. The van der Waals surface area contributed by atoms with Crippen LogP contribution in [0.3, 0.4) is 0 Å². The van der Waals surface area contributed by atoms with Gasteiger partial charge in [0.25, 0.3) is 0 Å². The molecular weight excluding hydrogens is 506 g/mol. The molecule has 0 spiro atoms. The van der Waals surface area contributed by atoms with Gasteiger partial charge in [-0.3, -0.25) is 9.98 Å². The van der Waals surface area contributed by atoms with E-state index in [1.165, 1.54) is 18.3 Å². The number of amidine groups is 1. The summed E-state index contributed by atoms with van der Waals surface area (Å²) in [7, 11) is 3.29. The minimum absolute atomic E-state index is 0.0499. The highest BCUT2D eigenvalue weighted by Crippen LogP contribution is 2.20. The molecule has 0 bridgehead atoms. The Labute approximate surface area is 234 Å². The molecule has 1 aliphatic rings. The van der Waals surface area contributed by atoms with Crippen molar-refractivity contribution in [2.24, 2.45) is 15.0 Å². The van der Waals surface area contributed by atoms with E-state index in [-0.39, 0.29) is 11.4 Å². The number of benzene rings is 2. The van der Waals surface area contributed by atoms with Gasteiger partial charge in [-0.05, 0) is 60.5 Å². The number of hydrogen-bond donors (Lipinski definition) is 0. The Morgan fingerprint density at radius 3 is 2.27 bits per heavy atom. The van der Waals surface area contributed by atoms with Gasteiger partial charge >= 0.3 is 0 Å². The number of pyridine rings is 1. The van der Waals surface area contributed by atoms with Crippen LogP contribution >= 0.6 is 0 Å². The van der Waals surface area contributed by atoms with E-state index in [2.05, 4.69) is 45.3 Å². The van der Waals surface area contributed by atoms with Crippen molar-refractivity contribution in [2.75, 3.05) is 14.2 Å². The third kappa shape index (κ3) is 8.02. The van der Waals surface area contributed by atoms with Crippen LogP contribution in [-0.2, 0) is 4.74 Å². The topological polar surface area (TPSA) is 59.2 Å². The summed E-state index contributed by atoms with van der Waals surface area (Å²) in [4.78, 5) is 16.1. The van der Waals surface area contributed by atoms with E-state index in [1.54, 1.807) is 39.6 Å². The van der Waals surface area contributed by atoms with Crippen LogP contribution in [0.1, 0.15) is 42.5 Å². The molecular formula is C33H30F2N4O. The maximum atomic E-state index is 13.6. The van der Waals surface area contributed by atoms with E-state index in [1.807, 2.05) is 42.5 Å². The molecule has 0 atom stereocenters. The van der Waals surface area contributed by atoms with E-state index in [4.69, 9.17) is 4.74 Å². The smallest absolute Gasteiger partial charge is 0.169 e. The SMILES string of the molecule is C/C=C1/N=C(c2cccc(F)c2F)N=C1C=NC.C=C(/C=C(/CC)OC)c1ccc(C#Cc2ccncc2)cc1. The zero-order valence-corrected chi connectivity index (χ0v) is 23.0. The lowest BCUT2D eigenvalue weighted by molar-refractivity contribution is 0.281. The Kier molecular flexibility index (Phi) is 11.0. The minimum Gasteiger partial charge on any atom is -0.501 e. The Hall–Kier alpha value is -4.96. The molecule has 7 heteroatoms. The van der Waals surface area contributed by atoms with Crippen LogP contribution in [0.5, 0.6) is 0 Å². The molecule has 1 aliphatic heterocycles. The maximum Gasteiger partial charge on any atom is 0.169 e. The average Bonchev–Trinajstić information content (AvgIpc) is 3.40. The Morgan fingerprint density at radius 1 is 1.00 bits per heavy atom. The number of ether oxygens (including phenoxy) is 1. The Bertz CT molecular complexity index is 1550. The van der Waals surface area contributed by atoms with Crippen molar-refractivity contribution in [2.45, 2.75) is 20.3 Å². The fraction of sp³-hybridized carbons (Fsp3) is 0.152. The molecule has 0 saturated carbocycles. The molecule has 40 heavy (non-hydrogen) atoms. The van der Waals surface area contributed by atoms with Crippen molar-refractivity contribution >= 4 is 23.3 Å². The van der Waals surface area contributed by atoms with Crippen LogP contribution < -0.4 is 0 Å². The van der Waals surface area contributed by atoms with Gasteiger partial charge in [-0.1, -0.05) is 49.6 Å². The van der Waals surface area contributed by atoms with Crippen LogP contribution in [0.25, 0.3) is 5.57 Å². The van der Waals surface area contributed by atoms with Gasteiger partial charge < -0.3 is 4.74 Å². The minimum atomic E-state index is -0.940. The molecule has 0 N–H and O–H groups in total. The molecule has 5 nitrogen and oxygen atoms in total. The van der Waals surface area contributed by atoms with E-state index < -0.39 is 11.6 Å². The van der Waals surface area contributed by atoms with E-state index in [9.17, 15) is 8.78 Å². The monoisotopic (exact) mass is 536 g/mol. The lowest BCUT2D eigenvalue weighted by atomic mass is 10.0. The number of nitrogens with zero attached hydrogens (tertiary/aromatic N) is 4. The summed E-state index contributed by atoms with van der Waals surface area (Å²) in [5.41, 5.74) is 5.12. The lowest BCUT2D eigenvalue weighted by Crippen LogP contribution is -2.02. The molecule has 2 heterocycles. The van der Waals surface area contributed by atoms with Crippen molar-refractivity contribution in [1.82, 2.24) is 4.98 Å². The van der Waals surface area contributed by atoms with Gasteiger partial charge in [-0.2, -0.15) is 0 Å². The highest BCUT2D eigenvalue weighted by Gasteiger charge is 2.19. The molecule has 202 valence electrons. The van der Waals surface area contributed by atoms with Gasteiger partial charge in [0, 0.05) is 43.2 Å². The van der Waals surface area contributed by atoms with Crippen LogP contribution in [0.4, 0.5) is 8.78 Å². The van der Waals surface area contributed by atoms with E-state index in [0.717, 1.165) is 40.5 Å². The van der Waals surface area contributed by atoms with Crippen molar-refractivity contribution in [3.63, 3.8) is 0 Å². The van der Waals surface area contributed by atoms with Crippen LogP contribution in [0.15, 0.2) is 112 Å². The number of aliphatic imine (C=N–C) groups is 3. The third-order valence-corrected chi connectivity index (χ3v) is 5.67. The third-order valence-electron chi connectivity index (χ3n) is 5.67. The summed E-state index contributed by atoms with van der Waals surface area (Å²) in [5.74, 6) is 5.49. The molecule has 0 saturated heterocycles. The van der Waals surface area contributed by atoms with Crippen molar-refractivity contribution in [3.05, 3.63) is 131 Å². The van der Waals surface area contributed by atoms with Gasteiger partial charge in [0.1, 0.15) is 5.71 Å². The predicted molar refractivity (Wildman–Crippen MR) is 160 cm³/mol. The van der Waals surface area contributed by atoms with Gasteiger partial charge in [-0.25, -0.2) is 18.8 Å². The molecule has 0 unspecified atom stereocenters. The second-order valence-corrected chi connectivity index (χ2v) is 8.35. The summed E-state index contributed by atoms with van der Waals surface area (Å²) in [6.07, 6.45) is 9.57. The first-order chi connectivity index (χ1) is 19.4. The number of rotatable bonds is 6. The molecule has 0 radical (unpaired) electrons. The van der Waals surface area contributed by atoms with Gasteiger partial charge in [0.15, 0.2) is 17.5 Å². The molecule has 0 amide bonds. The number of aromatic nitrogens is 1. The fourth-order valence-electron chi connectivity index (χ4n) is 3.52. The predicted octanol–water partition coefficient (Wildman–Crippen LogP) is 7.21. The second-order valence-electron chi connectivity index (χ2n) is 8.35. The van der Waals surface area contributed by atoms with Crippen molar-refractivity contribution < 1.29 is 13.5 Å². The van der Waals surface area contributed by atoms with E-state index >= 15 is 0 Å². The first kappa shape index (κ1) is 29.6. The summed E-state index contributed by atoms with van der Waals surface area (Å²) in [6, 6.07) is 15.8. The van der Waals surface area contributed by atoms with Gasteiger partial charge in [0.2, 0.25) is 0 Å². The first-order valence-electron chi connectivity index (χ1n) is 12.6. The number of allylic oxidation sites excluding steroid dienone is 5. The lowest BCUT2D eigenvalue weighted by Gasteiger charge is -2.05. The zero-order valence-electron chi connectivity index (χ0n) is 23.0. The number of halogens is 2. The molecule has 2 aromatic carbocycles. The first-order valence-corrected chi connectivity index (χ1v) is 12.6. The summed E-state index contributed by atoms with van der Waals surface area (Å²) in [6.45, 7) is 7.93. The van der Waals surface area contributed by atoms with Gasteiger partial charge in [-0.15, -0.1) is 0 Å². The molecule has 4 rings (SSSR count). The average molecular weight is 537 g/mol. The van der Waals surface area contributed by atoms with Gasteiger partial charge in [0.05, 0.1) is 24.1 Å². The Morgan fingerprint density at radius 2 is 1.68 bits per heavy atom. The number of hydrogen-bond acceptors (Lipinski definition) is 5. The molecule has 1 aromatic heterocycles. The van der Waals surface area contributed by atoms with Crippen LogP contribution in [-0.4, -0.2) is 36.9 Å². The van der Waals surface area contributed by atoms with Crippen molar-refractivity contribution in [1.29, 1.82) is 0 Å². The standard InChI is InChI=1S/C20H19NO.C13H11F2N3/c1-4-20(22-3)15-16(2)19-9-7-17(8-10-19)5-6-18-11-13-21-14-12-18;1-3-10-11(7-16-2)18-13(17-10)8-5-4-6-9(14)12(8)15/h7-15H,2,4H2,1,3H3;3-7H,1-2H3/b20-15-;10-3+,16-7?. The highest BCUT2D eigenvalue weighted by molar-refractivity contribution is 6.42. The zero-order chi connectivity index (χ0) is 28.9. The van der Waals surface area contributed by atoms with Crippen molar-refractivity contribution in [3.8, 4) is 11.8 Å². The second kappa shape index (κ2) is 14.8. The highest BCUT2D eigenvalue weighted by atomic mass is 19.2. The molecule has 0 fully saturated rings. The summed E-state index contributed by atoms with van der Waals surface area (Å²) >= 11 is 0. The quantitative estimate of drug-likeness (QED) is 0.145. The summed E-state index contributed by atoms with van der Waals surface area (Å²) < 4.78 is 32.0. The van der Waals surface area contributed by atoms with Crippen LogP contribution in [0.2, 0.25) is 0 Å². The molecule has 3 aromatic rings. The normalized spacial score (nSPS) is 13.7. The fourth-order valence-corrected chi connectivity index (χ4v) is 3.52. The van der Waals surface area contributed by atoms with E-state index in [0.29, 0.717) is 11.4 Å². The largest absolute Gasteiger partial charge is 0.501 e.